The predicted molar refractivity (Wildman–Crippen MR) is 69.3 cm³/mol. The lowest BCUT2D eigenvalue weighted by Gasteiger charge is -2.12. The zero-order valence-corrected chi connectivity index (χ0v) is 10.5. The third kappa shape index (κ3) is 5.03. The Balaban J connectivity index is 2.40. The van der Waals surface area contributed by atoms with Gasteiger partial charge in [-0.25, -0.2) is 0 Å². The van der Waals surface area contributed by atoms with E-state index in [9.17, 15) is 0 Å². The number of benzene rings is 1. The second kappa shape index (κ2) is 7.12. The Bertz CT molecular complexity index is 300. The van der Waals surface area contributed by atoms with Crippen molar-refractivity contribution in [3.05, 3.63) is 24.3 Å². The van der Waals surface area contributed by atoms with Gasteiger partial charge in [0, 0.05) is 24.8 Å². The summed E-state index contributed by atoms with van der Waals surface area (Å²) in [6.45, 7) is 4.87. The first-order valence-corrected chi connectivity index (χ1v) is 5.84. The van der Waals surface area contributed by atoms with Gasteiger partial charge in [0.2, 0.25) is 0 Å². The van der Waals surface area contributed by atoms with Crippen LogP contribution in [0.1, 0.15) is 13.3 Å². The summed E-state index contributed by atoms with van der Waals surface area (Å²) < 4.78 is 5.57. The highest BCUT2D eigenvalue weighted by Gasteiger charge is 1.96. The summed E-state index contributed by atoms with van der Waals surface area (Å²) in [7, 11) is 4.14. The van der Waals surface area contributed by atoms with E-state index in [1.807, 2.05) is 18.2 Å². The molecule has 3 heteroatoms. The Morgan fingerprint density at radius 1 is 1.31 bits per heavy atom. The number of ether oxygens (including phenoxy) is 1. The molecule has 0 aliphatic rings. The Morgan fingerprint density at radius 2 is 2.12 bits per heavy atom. The summed E-state index contributed by atoms with van der Waals surface area (Å²) in [6, 6.07) is 8.12. The standard InChI is InChI=1S/C13H22N2O/c1-4-10-16-13-7-5-6-12(11-13)14-8-9-15(2)3/h5-7,11,14H,4,8-10H2,1-3H3. The molecule has 1 aromatic carbocycles. The van der Waals surface area contributed by atoms with Gasteiger partial charge in [0.25, 0.3) is 0 Å². The van der Waals surface area contributed by atoms with E-state index in [-0.39, 0.29) is 0 Å². The van der Waals surface area contributed by atoms with Crippen molar-refractivity contribution in [1.29, 1.82) is 0 Å². The molecule has 0 aromatic heterocycles. The van der Waals surface area contributed by atoms with Crippen LogP contribution < -0.4 is 10.1 Å². The molecule has 0 spiro atoms. The van der Waals surface area contributed by atoms with Crippen LogP contribution in [0.15, 0.2) is 24.3 Å². The van der Waals surface area contributed by atoms with Crippen LogP contribution in [0.3, 0.4) is 0 Å². The Morgan fingerprint density at radius 3 is 2.81 bits per heavy atom. The number of hydrogen-bond acceptors (Lipinski definition) is 3. The molecule has 16 heavy (non-hydrogen) atoms. The highest BCUT2D eigenvalue weighted by Crippen LogP contribution is 2.17. The van der Waals surface area contributed by atoms with Crippen LogP contribution in [-0.2, 0) is 0 Å². The van der Waals surface area contributed by atoms with Crippen LogP contribution in [0.4, 0.5) is 5.69 Å². The summed E-state index contributed by atoms with van der Waals surface area (Å²) in [4.78, 5) is 2.16. The number of nitrogens with one attached hydrogen (secondary N) is 1. The Labute approximate surface area is 98.4 Å². The van der Waals surface area contributed by atoms with Crippen LogP contribution in [0.2, 0.25) is 0 Å². The van der Waals surface area contributed by atoms with Gasteiger partial charge in [0.05, 0.1) is 6.61 Å². The topological polar surface area (TPSA) is 24.5 Å². The minimum atomic E-state index is 0.779. The molecule has 0 fully saturated rings. The van der Waals surface area contributed by atoms with E-state index in [1.165, 1.54) is 0 Å². The number of nitrogens with zero attached hydrogens (tertiary/aromatic N) is 1. The monoisotopic (exact) mass is 222 g/mol. The number of hydrogen-bond donors (Lipinski definition) is 1. The van der Waals surface area contributed by atoms with E-state index < -0.39 is 0 Å². The van der Waals surface area contributed by atoms with Crippen LogP contribution in [0, 0.1) is 0 Å². The number of anilines is 1. The molecule has 0 aliphatic carbocycles. The molecule has 0 amide bonds. The van der Waals surface area contributed by atoms with Gasteiger partial charge in [-0.1, -0.05) is 13.0 Å². The first-order chi connectivity index (χ1) is 7.72. The van der Waals surface area contributed by atoms with Gasteiger partial charge in [-0.05, 0) is 32.6 Å². The summed E-state index contributed by atoms with van der Waals surface area (Å²) in [5.74, 6) is 0.941. The maximum absolute atomic E-state index is 5.57. The average molecular weight is 222 g/mol. The van der Waals surface area contributed by atoms with Crippen LogP contribution in [0.5, 0.6) is 5.75 Å². The normalized spacial score (nSPS) is 10.5. The molecular weight excluding hydrogens is 200 g/mol. The van der Waals surface area contributed by atoms with Gasteiger partial charge in [0.1, 0.15) is 5.75 Å². The number of rotatable bonds is 7. The third-order valence-corrected chi connectivity index (χ3v) is 2.20. The van der Waals surface area contributed by atoms with Crippen molar-refractivity contribution in [2.45, 2.75) is 13.3 Å². The molecule has 0 unspecified atom stereocenters. The van der Waals surface area contributed by atoms with E-state index in [4.69, 9.17) is 4.74 Å². The smallest absolute Gasteiger partial charge is 0.121 e. The zero-order chi connectivity index (χ0) is 11.8. The van der Waals surface area contributed by atoms with E-state index in [1.54, 1.807) is 0 Å². The van der Waals surface area contributed by atoms with Gasteiger partial charge in [-0.15, -0.1) is 0 Å². The lowest BCUT2D eigenvalue weighted by Crippen LogP contribution is -2.20. The molecule has 0 aliphatic heterocycles. The van der Waals surface area contributed by atoms with Crippen molar-refractivity contribution in [2.75, 3.05) is 39.1 Å². The maximum Gasteiger partial charge on any atom is 0.121 e. The van der Waals surface area contributed by atoms with E-state index >= 15 is 0 Å². The number of likely N-dealkylation sites (N-methyl/N-ethyl adjacent to an activating group) is 1. The fourth-order valence-electron chi connectivity index (χ4n) is 1.34. The summed E-state index contributed by atoms with van der Waals surface area (Å²) >= 11 is 0. The summed E-state index contributed by atoms with van der Waals surface area (Å²) in [5.41, 5.74) is 1.12. The molecule has 0 saturated carbocycles. The molecule has 0 bridgehead atoms. The fraction of sp³-hybridized carbons (Fsp3) is 0.538. The van der Waals surface area contributed by atoms with Crippen LogP contribution in [-0.4, -0.2) is 38.7 Å². The van der Waals surface area contributed by atoms with Crippen molar-refractivity contribution >= 4 is 5.69 Å². The van der Waals surface area contributed by atoms with E-state index in [2.05, 4.69) is 37.3 Å². The van der Waals surface area contributed by atoms with E-state index in [0.29, 0.717) is 0 Å². The van der Waals surface area contributed by atoms with Crippen molar-refractivity contribution in [3.63, 3.8) is 0 Å². The molecule has 0 saturated heterocycles. The van der Waals surface area contributed by atoms with Gasteiger partial charge in [0.15, 0.2) is 0 Å². The largest absolute Gasteiger partial charge is 0.494 e. The lowest BCUT2D eigenvalue weighted by molar-refractivity contribution is 0.317. The molecular formula is C13H22N2O. The third-order valence-electron chi connectivity index (χ3n) is 2.20. The van der Waals surface area contributed by atoms with Gasteiger partial charge in [-0.2, -0.15) is 0 Å². The van der Waals surface area contributed by atoms with Crippen LogP contribution in [0.25, 0.3) is 0 Å². The summed E-state index contributed by atoms with van der Waals surface area (Å²) in [6.07, 6.45) is 1.04. The van der Waals surface area contributed by atoms with Crippen molar-refractivity contribution in [1.82, 2.24) is 4.90 Å². The molecule has 0 heterocycles. The average Bonchev–Trinajstić information content (AvgIpc) is 2.26. The molecule has 0 atom stereocenters. The second-order valence-electron chi connectivity index (χ2n) is 4.11. The zero-order valence-electron chi connectivity index (χ0n) is 10.5. The van der Waals surface area contributed by atoms with Crippen molar-refractivity contribution < 1.29 is 4.74 Å². The lowest BCUT2D eigenvalue weighted by atomic mass is 10.3. The maximum atomic E-state index is 5.57. The van der Waals surface area contributed by atoms with Crippen LogP contribution >= 0.6 is 0 Å². The summed E-state index contributed by atoms with van der Waals surface area (Å²) in [5, 5.41) is 3.37. The second-order valence-corrected chi connectivity index (χ2v) is 4.11. The molecule has 3 nitrogen and oxygen atoms in total. The van der Waals surface area contributed by atoms with Crippen molar-refractivity contribution in [2.24, 2.45) is 0 Å². The first kappa shape index (κ1) is 12.8. The Hall–Kier alpha value is -1.22. The molecule has 1 aromatic rings. The molecule has 90 valence electrons. The SMILES string of the molecule is CCCOc1cccc(NCCN(C)C)c1. The van der Waals surface area contributed by atoms with Gasteiger partial charge < -0.3 is 15.0 Å². The molecule has 0 radical (unpaired) electrons. The minimum Gasteiger partial charge on any atom is -0.494 e. The quantitative estimate of drug-likeness (QED) is 0.767. The Kier molecular flexibility index (Phi) is 5.72. The molecule has 1 N–H and O–H groups in total. The highest BCUT2D eigenvalue weighted by molar-refractivity contribution is 5.48. The first-order valence-electron chi connectivity index (χ1n) is 5.84. The highest BCUT2D eigenvalue weighted by atomic mass is 16.5. The van der Waals surface area contributed by atoms with E-state index in [0.717, 1.165) is 37.6 Å². The molecule has 1 rings (SSSR count). The predicted octanol–water partition coefficient (Wildman–Crippen LogP) is 2.45. The van der Waals surface area contributed by atoms with Crippen molar-refractivity contribution in [3.8, 4) is 5.75 Å². The minimum absolute atomic E-state index is 0.779. The van der Waals surface area contributed by atoms with Gasteiger partial charge >= 0.3 is 0 Å². The fourth-order valence-corrected chi connectivity index (χ4v) is 1.34. The van der Waals surface area contributed by atoms with Gasteiger partial charge in [-0.3, -0.25) is 0 Å².